The van der Waals surface area contributed by atoms with Gasteiger partial charge in [-0.3, -0.25) is 15.4 Å². The lowest BCUT2D eigenvalue weighted by Crippen LogP contribution is -2.50. The lowest BCUT2D eigenvalue weighted by Gasteiger charge is -2.26. The Morgan fingerprint density at radius 1 is 1.56 bits per heavy atom. The molecule has 3 N–H and O–H groups in total. The SMILES string of the molecule is C[C@@]1(C(=N)n2cc(F)ccc2=N)CCCN1. The van der Waals surface area contributed by atoms with E-state index >= 15 is 0 Å². The van der Waals surface area contributed by atoms with E-state index in [1.165, 1.54) is 22.9 Å². The minimum atomic E-state index is -0.450. The molecule has 1 aromatic heterocycles. The first kappa shape index (κ1) is 11.0. The molecule has 0 bridgehead atoms. The van der Waals surface area contributed by atoms with Crippen molar-refractivity contribution in [3.8, 4) is 0 Å². The predicted octanol–water partition coefficient (Wildman–Crippen LogP) is 1.07. The summed E-state index contributed by atoms with van der Waals surface area (Å²) in [5, 5.41) is 19.0. The maximum Gasteiger partial charge on any atom is 0.140 e. The fourth-order valence-corrected chi connectivity index (χ4v) is 2.02. The zero-order chi connectivity index (χ0) is 11.8. The molecule has 1 aliphatic rings. The van der Waals surface area contributed by atoms with Gasteiger partial charge in [0.05, 0.1) is 5.54 Å². The van der Waals surface area contributed by atoms with Crippen LogP contribution in [0.1, 0.15) is 19.8 Å². The third-order valence-corrected chi connectivity index (χ3v) is 3.04. The quantitative estimate of drug-likeness (QED) is 0.483. The molecular weight excluding hydrogens is 207 g/mol. The summed E-state index contributed by atoms with van der Waals surface area (Å²) in [4.78, 5) is 0. The van der Waals surface area contributed by atoms with Crippen molar-refractivity contribution in [1.82, 2.24) is 9.88 Å². The summed E-state index contributed by atoms with van der Waals surface area (Å²) >= 11 is 0. The second-order valence-corrected chi connectivity index (χ2v) is 4.31. The van der Waals surface area contributed by atoms with E-state index in [-0.39, 0.29) is 11.3 Å². The lowest BCUT2D eigenvalue weighted by atomic mass is 9.98. The molecule has 0 aliphatic carbocycles. The molecule has 16 heavy (non-hydrogen) atoms. The Morgan fingerprint density at radius 3 is 2.94 bits per heavy atom. The van der Waals surface area contributed by atoms with Gasteiger partial charge in [-0.25, -0.2) is 4.39 Å². The van der Waals surface area contributed by atoms with E-state index in [9.17, 15) is 4.39 Å². The van der Waals surface area contributed by atoms with Crippen LogP contribution in [0, 0.1) is 16.6 Å². The van der Waals surface area contributed by atoms with E-state index in [2.05, 4.69) is 5.32 Å². The average Bonchev–Trinajstić information content (AvgIpc) is 2.69. The summed E-state index contributed by atoms with van der Waals surface area (Å²) in [6.45, 7) is 2.78. The molecule has 5 heteroatoms. The van der Waals surface area contributed by atoms with Crippen molar-refractivity contribution in [1.29, 1.82) is 10.8 Å². The molecule has 2 rings (SSSR count). The number of nitrogens with zero attached hydrogens (tertiary/aromatic N) is 1. The van der Waals surface area contributed by atoms with Crippen LogP contribution in [0.25, 0.3) is 0 Å². The number of rotatable bonds is 1. The standard InChI is InChI=1S/C11H15FN4/c1-11(5-2-6-15-11)10(14)16-7-8(12)3-4-9(16)13/h3-4,7,13-15H,2,5-6H2,1H3/t11-/m0/s1. The summed E-state index contributed by atoms with van der Waals surface area (Å²) in [5.74, 6) is -0.197. The second kappa shape index (κ2) is 3.83. The van der Waals surface area contributed by atoms with E-state index in [4.69, 9.17) is 10.8 Å². The zero-order valence-corrected chi connectivity index (χ0v) is 9.18. The smallest absolute Gasteiger partial charge is 0.140 e. The van der Waals surface area contributed by atoms with Crippen LogP contribution in [-0.2, 0) is 0 Å². The predicted molar refractivity (Wildman–Crippen MR) is 59.0 cm³/mol. The third-order valence-electron chi connectivity index (χ3n) is 3.04. The molecule has 0 saturated carbocycles. The summed E-state index contributed by atoms with van der Waals surface area (Å²) in [6.07, 6.45) is 3.03. The molecule has 0 unspecified atom stereocenters. The molecule has 1 saturated heterocycles. The minimum Gasteiger partial charge on any atom is -0.305 e. The van der Waals surface area contributed by atoms with Gasteiger partial charge in [-0.1, -0.05) is 0 Å². The average molecular weight is 222 g/mol. The van der Waals surface area contributed by atoms with Gasteiger partial charge < -0.3 is 5.32 Å². The van der Waals surface area contributed by atoms with Crippen LogP contribution in [0.2, 0.25) is 0 Å². The van der Waals surface area contributed by atoms with Gasteiger partial charge in [0.25, 0.3) is 0 Å². The Morgan fingerprint density at radius 2 is 2.31 bits per heavy atom. The van der Waals surface area contributed by atoms with Gasteiger partial charge in [-0.15, -0.1) is 0 Å². The fourth-order valence-electron chi connectivity index (χ4n) is 2.02. The van der Waals surface area contributed by atoms with Crippen molar-refractivity contribution in [3.63, 3.8) is 0 Å². The van der Waals surface area contributed by atoms with Gasteiger partial charge in [0.15, 0.2) is 0 Å². The Labute approximate surface area is 93.1 Å². The summed E-state index contributed by atoms with van der Waals surface area (Å²) in [6, 6.07) is 2.60. The highest BCUT2D eigenvalue weighted by Crippen LogP contribution is 2.19. The zero-order valence-electron chi connectivity index (χ0n) is 9.18. The first-order valence-electron chi connectivity index (χ1n) is 5.30. The topological polar surface area (TPSA) is 64.7 Å². The number of aromatic nitrogens is 1. The maximum atomic E-state index is 13.1. The first-order valence-corrected chi connectivity index (χ1v) is 5.30. The van der Waals surface area contributed by atoms with Gasteiger partial charge in [-0.2, -0.15) is 0 Å². The number of pyridine rings is 1. The van der Waals surface area contributed by atoms with Crippen molar-refractivity contribution in [2.75, 3.05) is 6.54 Å². The number of hydrogen-bond donors (Lipinski definition) is 3. The Balaban J connectivity index is 2.41. The van der Waals surface area contributed by atoms with Gasteiger partial charge in [-0.05, 0) is 38.4 Å². The Hall–Kier alpha value is -1.49. The van der Waals surface area contributed by atoms with Gasteiger partial charge in [0.2, 0.25) is 0 Å². The van der Waals surface area contributed by atoms with Crippen LogP contribution < -0.4 is 10.8 Å². The molecule has 1 aliphatic heterocycles. The molecule has 1 aromatic rings. The molecule has 0 spiro atoms. The first-order chi connectivity index (χ1) is 7.53. The normalized spacial score (nSPS) is 24.6. The van der Waals surface area contributed by atoms with Crippen LogP contribution in [0.15, 0.2) is 18.3 Å². The highest BCUT2D eigenvalue weighted by atomic mass is 19.1. The molecule has 86 valence electrons. The minimum absolute atomic E-state index is 0.126. The molecule has 4 nitrogen and oxygen atoms in total. The largest absolute Gasteiger partial charge is 0.305 e. The van der Waals surface area contributed by atoms with Crippen molar-refractivity contribution >= 4 is 5.84 Å². The van der Waals surface area contributed by atoms with Crippen molar-refractivity contribution in [2.45, 2.75) is 25.3 Å². The van der Waals surface area contributed by atoms with E-state index in [0.29, 0.717) is 0 Å². The number of halogens is 1. The van der Waals surface area contributed by atoms with Crippen LogP contribution in [0.5, 0.6) is 0 Å². The monoisotopic (exact) mass is 222 g/mol. The van der Waals surface area contributed by atoms with Crippen LogP contribution in [0.4, 0.5) is 4.39 Å². The van der Waals surface area contributed by atoms with E-state index in [1.807, 2.05) is 6.92 Å². The summed E-state index contributed by atoms with van der Waals surface area (Å²) in [7, 11) is 0. The molecular formula is C11H15FN4. The van der Waals surface area contributed by atoms with Crippen molar-refractivity contribution in [2.24, 2.45) is 0 Å². The van der Waals surface area contributed by atoms with Crippen molar-refractivity contribution in [3.05, 3.63) is 29.6 Å². The van der Waals surface area contributed by atoms with Gasteiger partial charge in [0.1, 0.15) is 17.1 Å². The fraction of sp³-hybridized carbons (Fsp3) is 0.455. The molecule has 0 amide bonds. The van der Waals surface area contributed by atoms with E-state index < -0.39 is 11.4 Å². The molecule has 1 atom stereocenters. The van der Waals surface area contributed by atoms with Gasteiger partial charge in [0, 0.05) is 6.20 Å². The summed E-state index contributed by atoms with van der Waals surface area (Å²) < 4.78 is 14.4. The van der Waals surface area contributed by atoms with Crippen molar-refractivity contribution < 1.29 is 4.39 Å². The third kappa shape index (κ3) is 1.78. The molecule has 2 heterocycles. The molecule has 1 fully saturated rings. The van der Waals surface area contributed by atoms with Crippen LogP contribution in [-0.4, -0.2) is 22.5 Å². The Kier molecular flexibility index (Phi) is 2.63. The second-order valence-electron chi connectivity index (χ2n) is 4.31. The lowest BCUT2D eigenvalue weighted by molar-refractivity contribution is 0.530. The van der Waals surface area contributed by atoms with Crippen LogP contribution >= 0.6 is 0 Å². The highest BCUT2D eigenvalue weighted by molar-refractivity contribution is 5.90. The van der Waals surface area contributed by atoms with E-state index in [0.717, 1.165) is 19.4 Å². The molecule has 0 aromatic carbocycles. The van der Waals surface area contributed by atoms with Crippen LogP contribution in [0.3, 0.4) is 0 Å². The number of hydrogen-bond acceptors (Lipinski definition) is 3. The number of nitrogens with one attached hydrogen (secondary N) is 3. The highest BCUT2D eigenvalue weighted by Gasteiger charge is 2.33. The molecule has 0 radical (unpaired) electrons. The van der Waals surface area contributed by atoms with Gasteiger partial charge >= 0.3 is 0 Å². The van der Waals surface area contributed by atoms with E-state index in [1.54, 1.807) is 0 Å². The maximum absolute atomic E-state index is 13.1. The Bertz CT molecular complexity index is 471. The summed E-state index contributed by atoms with van der Waals surface area (Å²) in [5.41, 5.74) is -0.324.